The molecular weight excluding hydrogens is 510 g/mol. The Kier molecular flexibility index (Phi) is 9.38. The van der Waals surface area contributed by atoms with Gasteiger partial charge in [0, 0.05) is 16.6 Å². The van der Waals surface area contributed by atoms with E-state index in [1.807, 2.05) is 36.4 Å². The zero-order valence-electron chi connectivity index (χ0n) is 25.2. The predicted octanol–water partition coefficient (Wildman–Crippen LogP) is 10.3. The van der Waals surface area contributed by atoms with Gasteiger partial charge in [-0.15, -0.1) is 0 Å². The molecule has 0 fully saturated rings. The molecule has 42 heavy (non-hydrogen) atoms. The first kappa shape index (κ1) is 29.1. The molecule has 2 aliphatic rings. The normalized spacial score (nSPS) is 15.8. The van der Waals surface area contributed by atoms with Crippen molar-refractivity contribution in [3.8, 4) is 11.4 Å². The fourth-order valence-electron chi connectivity index (χ4n) is 5.93. The van der Waals surface area contributed by atoms with Gasteiger partial charge in [-0.05, 0) is 73.3 Å². The third kappa shape index (κ3) is 6.26. The summed E-state index contributed by atoms with van der Waals surface area (Å²) in [5.41, 5.74) is 8.00. The fraction of sp³-hybridized carbons (Fsp3) is 0.256. The molecule has 5 rings (SSSR count). The molecule has 0 N–H and O–H groups in total. The quantitative estimate of drug-likeness (QED) is 0.235. The highest BCUT2D eigenvalue weighted by molar-refractivity contribution is 5.75. The van der Waals surface area contributed by atoms with Crippen molar-refractivity contribution >= 4 is 16.7 Å². The largest absolute Gasteiger partial charge is 0.209 e. The van der Waals surface area contributed by atoms with Crippen LogP contribution in [-0.4, -0.2) is 15.0 Å². The summed E-state index contributed by atoms with van der Waals surface area (Å²) in [7, 11) is 0. The Balaban J connectivity index is 1.52. The van der Waals surface area contributed by atoms with Crippen molar-refractivity contribution in [2.45, 2.75) is 64.7 Å². The monoisotopic (exact) mass is 551 g/mol. The molecule has 0 radical (unpaired) electrons. The lowest BCUT2D eigenvalue weighted by Gasteiger charge is -2.34. The van der Waals surface area contributed by atoms with Gasteiger partial charge in [0.2, 0.25) is 0 Å². The summed E-state index contributed by atoms with van der Waals surface area (Å²) in [5.74, 6) is 2.10. The predicted molar refractivity (Wildman–Crippen MR) is 179 cm³/mol. The minimum absolute atomic E-state index is 0.134. The molecule has 0 saturated carbocycles. The topological polar surface area (TPSA) is 38.7 Å². The van der Waals surface area contributed by atoms with Crippen molar-refractivity contribution in [3.05, 3.63) is 144 Å². The highest BCUT2D eigenvalue weighted by atomic mass is 15.0. The molecule has 2 aliphatic carbocycles. The Labute approximate surface area is 251 Å². The molecule has 0 aliphatic heterocycles. The van der Waals surface area contributed by atoms with Gasteiger partial charge >= 0.3 is 0 Å². The molecule has 0 atom stereocenters. The SMILES string of the molecule is C=C/C(=C\C=C(/C)c1nc(C2=CCCC=C2)nc(-c2ccccc2)n1)C(CC)(CC)c1ccc(C2=CCCC=C2)cc1. The molecule has 0 saturated heterocycles. The molecule has 3 heteroatoms. The van der Waals surface area contributed by atoms with Crippen molar-refractivity contribution in [2.24, 2.45) is 0 Å². The maximum Gasteiger partial charge on any atom is 0.164 e. The van der Waals surface area contributed by atoms with Gasteiger partial charge in [-0.1, -0.05) is 130 Å². The van der Waals surface area contributed by atoms with Crippen LogP contribution in [0, 0.1) is 0 Å². The zero-order valence-corrected chi connectivity index (χ0v) is 25.2. The van der Waals surface area contributed by atoms with Crippen molar-refractivity contribution < 1.29 is 0 Å². The van der Waals surface area contributed by atoms with Crippen LogP contribution in [0.5, 0.6) is 0 Å². The number of allylic oxidation sites excluding steroid dienone is 13. The first-order valence-corrected chi connectivity index (χ1v) is 15.3. The molecule has 3 aromatic rings. The first-order chi connectivity index (χ1) is 20.6. The maximum absolute atomic E-state index is 4.93. The average molecular weight is 552 g/mol. The summed E-state index contributed by atoms with van der Waals surface area (Å²) in [5, 5.41) is 0. The lowest BCUT2D eigenvalue weighted by atomic mass is 9.69. The minimum atomic E-state index is -0.134. The lowest BCUT2D eigenvalue weighted by molar-refractivity contribution is 0.477. The van der Waals surface area contributed by atoms with Crippen LogP contribution in [0.3, 0.4) is 0 Å². The molecule has 0 unspecified atom stereocenters. The van der Waals surface area contributed by atoms with E-state index in [2.05, 4.69) is 100 Å². The van der Waals surface area contributed by atoms with Crippen molar-refractivity contribution in [1.29, 1.82) is 0 Å². The van der Waals surface area contributed by atoms with Crippen LogP contribution in [0.25, 0.3) is 28.1 Å². The van der Waals surface area contributed by atoms with Crippen LogP contribution in [-0.2, 0) is 5.41 Å². The second-order valence-electron chi connectivity index (χ2n) is 11.0. The van der Waals surface area contributed by atoms with E-state index < -0.39 is 0 Å². The number of aromatic nitrogens is 3. The average Bonchev–Trinajstić information content (AvgIpc) is 3.08. The molecule has 0 bridgehead atoms. The Morgan fingerprint density at radius 2 is 1.38 bits per heavy atom. The highest BCUT2D eigenvalue weighted by Gasteiger charge is 2.31. The van der Waals surface area contributed by atoms with Crippen LogP contribution in [0.4, 0.5) is 0 Å². The van der Waals surface area contributed by atoms with Gasteiger partial charge in [0.05, 0.1) is 0 Å². The summed E-state index contributed by atoms with van der Waals surface area (Å²) < 4.78 is 0. The van der Waals surface area contributed by atoms with Crippen molar-refractivity contribution in [3.63, 3.8) is 0 Å². The van der Waals surface area contributed by atoms with Crippen LogP contribution in [0.2, 0.25) is 0 Å². The molecule has 212 valence electrons. The van der Waals surface area contributed by atoms with Gasteiger partial charge in [-0.25, -0.2) is 15.0 Å². The van der Waals surface area contributed by atoms with Crippen molar-refractivity contribution in [2.75, 3.05) is 0 Å². The fourth-order valence-corrected chi connectivity index (χ4v) is 5.93. The molecule has 0 amide bonds. The van der Waals surface area contributed by atoms with Gasteiger partial charge in [0.25, 0.3) is 0 Å². The number of hydrogen-bond donors (Lipinski definition) is 0. The summed E-state index contributed by atoms with van der Waals surface area (Å²) >= 11 is 0. The summed E-state index contributed by atoms with van der Waals surface area (Å²) in [6.45, 7) is 10.9. The Morgan fingerprint density at radius 1 is 0.738 bits per heavy atom. The van der Waals surface area contributed by atoms with Crippen LogP contribution < -0.4 is 0 Å². The Morgan fingerprint density at radius 3 is 1.98 bits per heavy atom. The number of nitrogens with zero attached hydrogens (tertiary/aromatic N) is 3. The van der Waals surface area contributed by atoms with Crippen LogP contribution >= 0.6 is 0 Å². The lowest BCUT2D eigenvalue weighted by Crippen LogP contribution is -2.26. The molecule has 2 aromatic carbocycles. The summed E-state index contributed by atoms with van der Waals surface area (Å²) in [6.07, 6.45) is 26.0. The molecule has 1 aromatic heterocycles. The molecule has 1 heterocycles. The van der Waals surface area contributed by atoms with E-state index in [9.17, 15) is 0 Å². The number of rotatable bonds is 10. The second-order valence-corrected chi connectivity index (χ2v) is 11.0. The van der Waals surface area contributed by atoms with Gasteiger partial charge in [-0.3, -0.25) is 0 Å². The van der Waals surface area contributed by atoms with Gasteiger partial charge in [-0.2, -0.15) is 0 Å². The van der Waals surface area contributed by atoms with E-state index >= 15 is 0 Å². The standard InChI is InChI=1S/C39H41N3/c1-5-34(39(6-2,7-3)35-27-24-31(25-28-35)30-17-11-8-12-18-30)26-23-29(4)36-40-37(32-19-13-9-14-20-32)42-38(41-36)33-21-15-10-16-22-33/h5,9,11,13-15,17-28H,1,6-8,10,12,16H2,2-4H3/b29-23+,34-26+. The van der Waals surface area contributed by atoms with E-state index in [0.717, 1.165) is 61.1 Å². The summed E-state index contributed by atoms with van der Waals surface area (Å²) in [6, 6.07) is 19.3. The zero-order chi connectivity index (χ0) is 29.4. The second kappa shape index (κ2) is 13.5. The van der Waals surface area contributed by atoms with Crippen LogP contribution in [0.15, 0.2) is 121 Å². The Hall–Kier alpha value is -4.37. The third-order valence-corrected chi connectivity index (χ3v) is 8.53. The van der Waals surface area contributed by atoms with E-state index in [4.69, 9.17) is 15.0 Å². The number of hydrogen-bond acceptors (Lipinski definition) is 3. The first-order valence-electron chi connectivity index (χ1n) is 15.3. The van der Waals surface area contributed by atoms with E-state index in [1.165, 1.54) is 22.3 Å². The molecular formula is C39H41N3. The van der Waals surface area contributed by atoms with Gasteiger partial charge in [0.1, 0.15) is 0 Å². The summed E-state index contributed by atoms with van der Waals surface area (Å²) in [4.78, 5) is 14.7. The highest BCUT2D eigenvalue weighted by Crippen LogP contribution is 2.40. The van der Waals surface area contributed by atoms with E-state index in [-0.39, 0.29) is 5.41 Å². The number of benzene rings is 2. The Bertz CT molecular complexity index is 1590. The van der Waals surface area contributed by atoms with Gasteiger partial charge < -0.3 is 0 Å². The molecule has 3 nitrogen and oxygen atoms in total. The van der Waals surface area contributed by atoms with Crippen LogP contribution in [0.1, 0.15) is 82.1 Å². The van der Waals surface area contributed by atoms with E-state index in [0.29, 0.717) is 11.6 Å². The molecule has 0 spiro atoms. The minimum Gasteiger partial charge on any atom is -0.209 e. The third-order valence-electron chi connectivity index (χ3n) is 8.53. The smallest absolute Gasteiger partial charge is 0.164 e. The van der Waals surface area contributed by atoms with E-state index in [1.54, 1.807) is 0 Å². The maximum atomic E-state index is 4.93. The van der Waals surface area contributed by atoms with Crippen molar-refractivity contribution in [1.82, 2.24) is 15.0 Å². The van der Waals surface area contributed by atoms with Gasteiger partial charge in [0.15, 0.2) is 17.5 Å².